The summed E-state index contributed by atoms with van der Waals surface area (Å²) in [6, 6.07) is 19.5. The summed E-state index contributed by atoms with van der Waals surface area (Å²) in [5, 5.41) is 13.6. The van der Waals surface area contributed by atoms with E-state index < -0.39 is 16.0 Å². The van der Waals surface area contributed by atoms with Gasteiger partial charge in [0.25, 0.3) is 0 Å². The van der Waals surface area contributed by atoms with Gasteiger partial charge in [0.2, 0.25) is 10.0 Å². The second-order valence-electron chi connectivity index (χ2n) is 9.89. The molecule has 5 rings (SSSR count). The Balaban J connectivity index is 1.65. The van der Waals surface area contributed by atoms with Crippen molar-refractivity contribution < 1.29 is 18.3 Å². The Morgan fingerprint density at radius 3 is 2.40 bits per heavy atom. The topological polar surface area (TPSA) is 117 Å². The fourth-order valence-electron chi connectivity index (χ4n) is 5.29. The Morgan fingerprint density at radius 1 is 1.05 bits per heavy atom. The standard InChI is InChI=1S/C29H29N5O4S2/c1-17-8-9-20(28(35)36)16-25(17)33-18(2)15-23(19(33)3)27-26(24-7-5-6-14-30-24)31-29(39)34(27)22-12-10-21(11-13-22)32-40(4,37)38/h5-16,26-27,32H,1-4H3,(H,31,39)(H,35,36). The van der Waals surface area contributed by atoms with Gasteiger partial charge in [-0.25, -0.2) is 13.2 Å². The third-order valence-corrected chi connectivity index (χ3v) is 7.95. The van der Waals surface area contributed by atoms with Crippen LogP contribution < -0.4 is 14.9 Å². The molecular weight excluding hydrogens is 546 g/mol. The van der Waals surface area contributed by atoms with E-state index in [1.165, 1.54) is 0 Å². The minimum absolute atomic E-state index is 0.217. The maximum Gasteiger partial charge on any atom is 0.335 e. The highest BCUT2D eigenvalue weighted by Crippen LogP contribution is 2.44. The zero-order valence-corrected chi connectivity index (χ0v) is 24.0. The van der Waals surface area contributed by atoms with Crippen LogP contribution >= 0.6 is 12.2 Å². The monoisotopic (exact) mass is 575 g/mol. The fourth-order valence-corrected chi connectivity index (χ4v) is 6.20. The molecule has 0 radical (unpaired) electrons. The van der Waals surface area contributed by atoms with E-state index in [-0.39, 0.29) is 17.6 Å². The molecule has 2 unspecified atom stereocenters. The summed E-state index contributed by atoms with van der Waals surface area (Å²) in [4.78, 5) is 18.4. The molecule has 4 aromatic rings. The van der Waals surface area contributed by atoms with Crippen LogP contribution in [-0.4, -0.2) is 40.4 Å². The van der Waals surface area contributed by atoms with Crippen molar-refractivity contribution in [3.8, 4) is 5.69 Å². The van der Waals surface area contributed by atoms with Crippen LogP contribution in [0.1, 0.15) is 50.7 Å². The summed E-state index contributed by atoms with van der Waals surface area (Å²) < 4.78 is 28.0. The molecule has 1 saturated heterocycles. The van der Waals surface area contributed by atoms with Crippen molar-refractivity contribution in [3.05, 3.63) is 107 Å². The fraction of sp³-hybridized carbons (Fsp3) is 0.207. The molecule has 11 heteroatoms. The molecule has 40 heavy (non-hydrogen) atoms. The van der Waals surface area contributed by atoms with E-state index in [1.807, 2.05) is 62.1 Å². The van der Waals surface area contributed by atoms with Gasteiger partial charge >= 0.3 is 5.97 Å². The number of pyridine rings is 1. The number of hydrogen-bond donors (Lipinski definition) is 3. The number of carboxylic acid groups (broad SMARTS) is 1. The highest BCUT2D eigenvalue weighted by molar-refractivity contribution is 7.92. The van der Waals surface area contributed by atoms with Crippen LogP contribution in [0.15, 0.2) is 72.9 Å². The molecule has 0 bridgehead atoms. The third kappa shape index (κ3) is 5.17. The zero-order valence-electron chi connectivity index (χ0n) is 22.4. The van der Waals surface area contributed by atoms with Gasteiger partial charge in [0.15, 0.2) is 5.11 Å². The average Bonchev–Trinajstić information content (AvgIpc) is 3.39. The lowest BCUT2D eigenvalue weighted by molar-refractivity contribution is 0.0697. The molecule has 0 aliphatic carbocycles. The maximum absolute atomic E-state index is 11.7. The Morgan fingerprint density at radius 2 is 1.77 bits per heavy atom. The molecule has 2 aromatic carbocycles. The number of hydrogen-bond acceptors (Lipinski definition) is 5. The average molecular weight is 576 g/mol. The van der Waals surface area contributed by atoms with E-state index in [0.29, 0.717) is 10.8 Å². The van der Waals surface area contributed by atoms with Crippen molar-refractivity contribution in [1.29, 1.82) is 0 Å². The summed E-state index contributed by atoms with van der Waals surface area (Å²) in [5.74, 6) is -0.982. The molecule has 1 aliphatic rings. The van der Waals surface area contributed by atoms with Crippen molar-refractivity contribution in [1.82, 2.24) is 14.9 Å². The van der Waals surface area contributed by atoms with Gasteiger partial charge in [-0.05, 0) is 98.7 Å². The lowest BCUT2D eigenvalue weighted by Crippen LogP contribution is -2.29. The predicted octanol–water partition coefficient (Wildman–Crippen LogP) is 5.04. The van der Waals surface area contributed by atoms with E-state index in [9.17, 15) is 18.3 Å². The lowest BCUT2D eigenvalue weighted by atomic mass is 9.96. The molecule has 0 saturated carbocycles. The number of rotatable bonds is 7. The number of carboxylic acids is 1. The molecule has 0 spiro atoms. The highest BCUT2D eigenvalue weighted by atomic mass is 32.2. The lowest BCUT2D eigenvalue weighted by Gasteiger charge is -2.28. The van der Waals surface area contributed by atoms with Gasteiger partial charge in [0, 0.05) is 34.6 Å². The number of nitrogens with zero attached hydrogens (tertiary/aromatic N) is 3. The van der Waals surface area contributed by atoms with Gasteiger partial charge in [-0.3, -0.25) is 9.71 Å². The summed E-state index contributed by atoms with van der Waals surface area (Å²) >= 11 is 5.84. The number of benzene rings is 2. The van der Waals surface area contributed by atoms with Crippen LogP contribution in [0.2, 0.25) is 0 Å². The molecule has 0 amide bonds. The Bertz CT molecular complexity index is 1720. The quantitative estimate of drug-likeness (QED) is 0.262. The Hall–Kier alpha value is -4.22. The minimum Gasteiger partial charge on any atom is -0.478 e. The van der Waals surface area contributed by atoms with Gasteiger partial charge in [-0.2, -0.15) is 0 Å². The molecule has 1 aliphatic heterocycles. The summed E-state index contributed by atoms with van der Waals surface area (Å²) in [7, 11) is -3.41. The Labute approximate surface area is 238 Å². The summed E-state index contributed by atoms with van der Waals surface area (Å²) in [6.07, 6.45) is 2.85. The number of aromatic carboxylic acids is 1. The van der Waals surface area contributed by atoms with E-state index >= 15 is 0 Å². The first-order chi connectivity index (χ1) is 18.9. The first-order valence-corrected chi connectivity index (χ1v) is 14.9. The predicted molar refractivity (Wildman–Crippen MR) is 160 cm³/mol. The minimum atomic E-state index is -3.41. The molecule has 3 N–H and O–H groups in total. The zero-order chi connectivity index (χ0) is 28.8. The molecule has 3 heterocycles. The SMILES string of the molecule is Cc1ccc(C(=O)O)cc1-n1c(C)cc(C2C(c3ccccn3)NC(=S)N2c2ccc(NS(C)(=O)=O)cc2)c1C. The number of thiocarbonyl (C=S) groups is 1. The number of nitrogens with one attached hydrogen (secondary N) is 2. The molecular formula is C29H29N5O4S2. The molecule has 2 atom stereocenters. The summed E-state index contributed by atoms with van der Waals surface area (Å²) in [5.41, 5.74) is 6.92. The number of sulfonamides is 1. The van der Waals surface area contributed by atoms with Crippen molar-refractivity contribution in [2.24, 2.45) is 0 Å². The highest BCUT2D eigenvalue weighted by Gasteiger charge is 2.42. The van der Waals surface area contributed by atoms with Crippen LogP contribution in [0.4, 0.5) is 11.4 Å². The van der Waals surface area contributed by atoms with Crippen LogP contribution in [0.3, 0.4) is 0 Å². The van der Waals surface area contributed by atoms with Gasteiger partial charge in [-0.1, -0.05) is 12.1 Å². The van der Waals surface area contributed by atoms with Crippen LogP contribution in [0.5, 0.6) is 0 Å². The molecule has 1 fully saturated rings. The molecule has 206 valence electrons. The third-order valence-electron chi connectivity index (χ3n) is 7.03. The van der Waals surface area contributed by atoms with Crippen molar-refractivity contribution in [2.75, 3.05) is 15.9 Å². The molecule has 9 nitrogen and oxygen atoms in total. The van der Waals surface area contributed by atoms with Crippen molar-refractivity contribution in [3.63, 3.8) is 0 Å². The largest absolute Gasteiger partial charge is 0.478 e. The van der Waals surface area contributed by atoms with Crippen LogP contribution in [0.25, 0.3) is 5.69 Å². The summed E-state index contributed by atoms with van der Waals surface area (Å²) in [6.45, 7) is 5.97. The smallest absolute Gasteiger partial charge is 0.335 e. The van der Waals surface area contributed by atoms with E-state index in [4.69, 9.17) is 12.2 Å². The normalized spacial score (nSPS) is 17.1. The van der Waals surface area contributed by atoms with E-state index in [0.717, 1.165) is 45.8 Å². The maximum atomic E-state index is 11.7. The second kappa shape index (κ2) is 10.4. The van der Waals surface area contributed by atoms with Crippen LogP contribution in [-0.2, 0) is 10.0 Å². The van der Waals surface area contributed by atoms with E-state index in [1.54, 1.807) is 30.5 Å². The number of aryl methyl sites for hydroxylation is 2. The number of aromatic nitrogens is 2. The Kier molecular flexibility index (Phi) is 7.11. The van der Waals surface area contributed by atoms with Crippen molar-refractivity contribution in [2.45, 2.75) is 32.9 Å². The number of carbonyl (C=O) groups is 1. The number of anilines is 2. The van der Waals surface area contributed by atoms with Gasteiger partial charge in [0.1, 0.15) is 0 Å². The first-order valence-electron chi connectivity index (χ1n) is 12.6. The van der Waals surface area contributed by atoms with Crippen LogP contribution in [0, 0.1) is 20.8 Å². The van der Waals surface area contributed by atoms with E-state index in [2.05, 4.69) is 25.7 Å². The van der Waals surface area contributed by atoms with Gasteiger partial charge < -0.3 is 19.9 Å². The van der Waals surface area contributed by atoms with Gasteiger partial charge in [-0.15, -0.1) is 0 Å². The second-order valence-corrected chi connectivity index (χ2v) is 12.0. The van der Waals surface area contributed by atoms with Gasteiger partial charge in [0.05, 0.1) is 29.6 Å². The van der Waals surface area contributed by atoms with Crippen molar-refractivity contribution >= 4 is 44.7 Å². The first kappa shape index (κ1) is 27.4. The molecule has 2 aromatic heterocycles.